The first-order valence-corrected chi connectivity index (χ1v) is 6.81. The fourth-order valence-electron chi connectivity index (χ4n) is 2.03. The normalized spacial score (nSPS) is 13.1. The van der Waals surface area contributed by atoms with Gasteiger partial charge in [-0.3, -0.25) is 4.79 Å². The number of benzene rings is 2. The summed E-state index contributed by atoms with van der Waals surface area (Å²) >= 11 is 12.2. The van der Waals surface area contributed by atoms with E-state index in [0.29, 0.717) is 45.9 Å². The van der Waals surface area contributed by atoms with Crippen molar-refractivity contribution in [2.45, 2.75) is 0 Å². The van der Waals surface area contributed by atoms with E-state index < -0.39 is 0 Å². The standard InChI is InChI=1S/C15H10Cl2O3/c16-11-4-2-1-3-9(11)15(18)10-7-13-14(8-12(10)17)20-6-5-19-13/h1-4,7-8H,5-6H2. The largest absolute Gasteiger partial charge is 0.486 e. The zero-order valence-electron chi connectivity index (χ0n) is 10.4. The molecule has 3 nitrogen and oxygen atoms in total. The highest BCUT2D eigenvalue weighted by Gasteiger charge is 2.21. The van der Waals surface area contributed by atoms with Crippen LogP contribution in [0.3, 0.4) is 0 Å². The smallest absolute Gasteiger partial charge is 0.196 e. The maximum Gasteiger partial charge on any atom is 0.196 e. The Hall–Kier alpha value is -1.71. The van der Waals surface area contributed by atoms with Crippen LogP contribution in [-0.4, -0.2) is 19.0 Å². The second-order valence-electron chi connectivity index (χ2n) is 4.28. The first-order valence-electron chi connectivity index (χ1n) is 6.05. The van der Waals surface area contributed by atoms with Crippen LogP contribution in [0, 0.1) is 0 Å². The van der Waals surface area contributed by atoms with E-state index >= 15 is 0 Å². The average molecular weight is 309 g/mol. The SMILES string of the molecule is O=C(c1ccccc1Cl)c1cc2c(cc1Cl)OCCO2. The van der Waals surface area contributed by atoms with Crippen LogP contribution >= 0.6 is 23.2 Å². The predicted molar refractivity (Wildman–Crippen MR) is 77.3 cm³/mol. The third-order valence-electron chi connectivity index (χ3n) is 2.99. The molecule has 20 heavy (non-hydrogen) atoms. The number of hydrogen-bond acceptors (Lipinski definition) is 3. The quantitative estimate of drug-likeness (QED) is 0.787. The molecule has 0 aromatic heterocycles. The van der Waals surface area contributed by atoms with Gasteiger partial charge in [0, 0.05) is 17.2 Å². The highest BCUT2D eigenvalue weighted by molar-refractivity contribution is 6.38. The van der Waals surface area contributed by atoms with Gasteiger partial charge in [-0.05, 0) is 18.2 Å². The van der Waals surface area contributed by atoms with Gasteiger partial charge in [0.2, 0.25) is 0 Å². The van der Waals surface area contributed by atoms with Crippen LogP contribution in [0.15, 0.2) is 36.4 Å². The Bertz CT molecular complexity index is 683. The molecule has 102 valence electrons. The topological polar surface area (TPSA) is 35.5 Å². The molecule has 0 bridgehead atoms. The van der Waals surface area contributed by atoms with Gasteiger partial charge in [0.1, 0.15) is 13.2 Å². The molecule has 0 aliphatic carbocycles. The molecule has 0 radical (unpaired) electrons. The van der Waals surface area contributed by atoms with Gasteiger partial charge in [-0.15, -0.1) is 0 Å². The van der Waals surface area contributed by atoms with Crippen LogP contribution in [0.5, 0.6) is 11.5 Å². The van der Waals surface area contributed by atoms with Crippen molar-refractivity contribution >= 4 is 29.0 Å². The number of fused-ring (bicyclic) bond motifs is 1. The molecule has 0 N–H and O–H groups in total. The van der Waals surface area contributed by atoms with Gasteiger partial charge in [-0.2, -0.15) is 0 Å². The number of halogens is 2. The van der Waals surface area contributed by atoms with E-state index in [1.54, 1.807) is 36.4 Å². The maximum absolute atomic E-state index is 12.5. The van der Waals surface area contributed by atoms with E-state index in [-0.39, 0.29) is 5.78 Å². The van der Waals surface area contributed by atoms with Crippen LogP contribution in [-0.2, 0) is 0 Å². The summed E-state index contributed by atoms with van der Waals surface area (Å²) in [5.41, 5.74) is 0.761. The summed E-state index contributed by atoms with van der Waals surface area (Å²) in [6.07, 6.45) is 0. The summed E-state index contributed by atoms with van der Waals surface area (Å²) in [4.78, 5) is 12.5. The van der Waals surface area contributed by atoms with Gasteiger partial charge < -0.3 is 9.47 Å². The Balaban J connectivity index is 2.06. The third kappa shape index (κ3) is 2.35. The number of ether oxygens (including phenoxy) is 2. The summed E-state index contributed by atoms with van der Waals surface area (Å²) in [5, 5.41) is 0.711. The van der Waals surface area contributed by atoms with Crippen molar-refractivity contribution in [2.24, 2.45) is 0 Å². The lowest BCUT2D eigenvalue weighted by atomic mass is 10.0. The molecule has 0 atom stereocenters. The number of hydrogen-bond donors (Lipinski definition) is 0. The summed E-state index contributed by atoms with van der Waals surface area (Å²) in [6.45, 7) is 0.926. The van der Waals surface area contributed by atoms with E-state index in [9.17, 15) is 4.79 Å². The molecule has 2 aromatic rings. The van der Waals surface area contributed by atoms with Crippen LogP contribution in [0.1, 0.15) is 15.9 Å². The fraction of sp³-hybridized carbons (Fsp3) is 0.133. The minimum absolute atomic E-state index is 0.238. The summed E-state index contributed by atoms with van der Waals surface area (Å²) in [5.74, 6) is 0.839. The van der Waals surface area contributed by atoms with Gasteiger partial charge in [0.25, 0.3) is 0 Å². The van der Waals surface area contributed by atoms with Crippen LogP contribution in [0.4, 0.5) is 0 Å². The molecule has 1 aliphatic rings. The van der Waals surface area contributed by atoms with E-state index in [0.717, 1.165) is 0 Å². The first kappa shape index (κ1) is 13.3. The molecule has 0 spiro atoms. The number of ketones is 1. The number of carbonyl (C=O) groups excluding carboxylic acids is 1. The molecular formula is C15H10Cl2O3. The van der Waals surface area contributed by atoms with Gasteiger partial charge in [0.15, 0.2) is 17.3 Å². The van der Waals surface area contributed by atoms with Gasteiger partial charge in [-0.1, -0.05) is 35.3 Å². The minimum atomic E-state index is -0.238. The first-order chi connectivity index (χ1) is 9.66. The molecule has 0 unspecified atom stereocenters. The molecule has 2 aromatic carbocycles. The zero-order valence-corrected chi connectivity index (χ0v) is 11.9. The molecule has 0 saturated carbocycles. The second kappa shape index (κ2) is 5.35. The van der Waals surface area contributed by atoms with Crippen molar-refractivity contribution in [3.05, 3.63) is 57.6 Å². The zero-order chi connectivity index (χ0) is 14.1. The van der Waals surface area contributed by atoms with E-state index in [4.69, 9.17) is 32.7 Å². The molecule has 0 fully saturated rings. The van der Waals surface area contributed by atoms with Crippen LogP contribution < -0.4 is 9.47 Å². The molecule has 0 saturated heterocycles. The highest BCUT2D eigenvalue weighted by atomic mass is 35.5. The molecule has 1 heterocycles. The summed E-state index contributed by atoms with van der Waals surface area (Å²) < 4.78 is 10.9. The van der Waals surface area contributed by atoms with E-state index in [2.05, 4.69) is 0 Å². The van der Waals surface area contributed by atoms with Crippen molar-refractivity contribution in [1.29, 1.82) is 0 Å². The number of carbonyl (C=O) groups is 1. The van der Waals surface area contributed by atoms with Crippen LogP contribution in [0.2, 0.25) is 10.0 Å². The summed E-state index contributed by atoms with van der Waals surface area (Å²) in [6, 6.07) is 10.1. The monoisotopic (exact) mass is 308 g/mol. The summed E-state index contributed by atoms with van der Waals surface area (Å²) in [7, 11) is 0. The van der Waals surface area contributed by atoms with Gasteiger partial charge in [0.05, 0.1) is 10.0 Å². The minimum Gasteiger partial charge on any atom is -0.486 e. The van der Waals surface area contributed by atoms with Crippen molar-refractivity contribution < 1.29 is 14.3 Å². The Labute approximate surface area is 126 Å². The van der Waals surface area contributed by atoms with Crippen molar-refractivity contribution in [1.82, 2.24) is 0 Å². The maximum atomic E-state index is 12.5. The Morgan fingerprint density at radius 1 is 0.900 bits per heavy atom. The number of rotatable bonds is 2. The Morgan fingerprint density at radius 3 is 2.25 bits per heavy atom. The highest BCUT2D eigenvalue weighted by Crippen LogP contribution is 2.36. The van der Waals surface area contributed by atoms with Crippen molar-refractivity contribution in [3.8, 4) is 11.5 Å². The lowest BCUT2D eigenvalue weighted by Gasteiger charge is -2.19. The van der Waals surface area contributed by atoms with Crippen LogP contribution in [0.25, 0.3) is 0 Å². The molecule has 0 amide bonds. The molecular weight excluding hydrogens is 299 g/mol. The van der Waals surface area contributed by atoms with Gasteiger partial charge >= 0.3 is 0 Å². The van der Waals surface area contributed by atoms with Crippen molar-refractivity contribution in [3.63, 3.8) is 0 Å². The van der Waals surface area contributed by atoms with Crippen molar-refractivity contribution in [2.75, 3.05) is 13.2 Å². The molecule has 1 aliphatic heterocycles. The molecule has 3 rings (SSSR count). The molecule has 5 heteroatoms. The predicted octanol–water partition coefficient (Wildman–Crippen LogP) is 4.00. The fourth-order valence-corrected chi connectivity index (χ4v) is 2.49. The lowest BCUT2D eigenvalue weighted by Crippen LogP contribution is -2.16. The Morgan fingerprint density at radius 2 is 1.55 bits per heavy atom. The van der Waals surface area contributed by atoms with Gasteiger partial charge in [-0.25, -0.2) is 0 Å². The average Bonchev–Trinajstić information content (AvgIpc) is 2.46. The van der Waals surface area contributed by atoms with E-state index in [1.807, 2.05) is 0 Å². The lowest BCUT2D eigenvalue weighted by molar-refractivity contribution is 0.103. The third-order valence-corrected chi connectivity index (χ3v) is 3.64. The van der Waals surface area contributed by atoms with E-state index in [1.165, 1.54) is 0 Å². The second-order valence-corrected chi connectivity index (χ2v) is 5.10. The Kier molecular flexibility index (Phi) is 3.55.